The van der Waals surface area contributed by atoms with Gasteiger partial charge in [0, 0.05) is 25.2 Å². The minimum Gasteiger partial charge on any atom is -0.466 e. The summed E-state index contributed by atoms with van der Waals surface area (Å²) in [6.07, 6.45) is -0.400. The van der Waals surface area contributed by atoms with Crippen LogP contribution in [0.3, 0.4) is 0 Å². The van der Waals surface area contributed by atoms with Crippen LogP contribution in [0.4, 0.5) is 4.79 Å². The SMILES string of the molecule is CCOC(=O)C1CN(C(=O)OC(C)(C)C)CC1NC(C)c1ccccc1.Cl. The van der Waals surface area contributed by atoms with Gasteiger partial charge >= 0.3 is 12.1 Å². The van der Waals surface area contributed by atoms with E-state index >= 15 is 0 Å². The number of nitrogens with zero attached hydrogens (tertiary/aromatic N) is 1. The molecule has 0 radical (unpaired) electrons. The molecule has 0 saturated carbocycles. The van der Waals surface area contributed by atoms with Crippen LogP contribution in [0.25, 0.3) is 0 Å². The number of nitrogens with one attached hydrogen (secondary N) is 1. The first kappa shape index (κ1) is 23.2. The Morgan fingerprint density at radius 2 is 1.85 bits per heavy atom. The Bertz CT molecular complexity index is 618. The zero-order valence-electron chi connectivity index (χ0n) is 16.7. The van der Waals surface area contributed by atoms with E-state index in [2.05, 4.69) is 5.32 Å². The van der Waals surface area contributed by atoms with Crippen LogP contribution in [0, 0.1) is 5.92 Å². The molecule has 152 valence electrons. The van der Waals surface area contributed by atoms with E-state index in [4.69, 9.17) is 9.47 Å². The number of hydrogen-bond donors (Lipinski definition) is 1. The minimum atomic E-state index is -0.570. The first-order chi connectivity index (χ1) is 12.2. The average Bonchev–Trinajstić information content (AvgIpc) is 2.98. The molecule has 27 heavy (non-hydrogen) atoms. The third-order valence-corrected chi connectivity index (χ3v) is 4.32. The predicted molar refractivity (Wildman–Crippen MR) is 107 cm³/mol. The van der Waals surface area contributed by atoms with Crippen molar-refractivity contribution in [3.63, 3.8) is 0 Å². The predicted octanol–water partition coefficient (Wildman–Crippen LogP) is 3.56. The van der Waals surface area contributed by atoms with Crippen LogP contribution >= 0.6 is 12.4 Å². The standard InChI is InChI=1S/C20H30N2O4.ClH/c1-6-25-18(23)16-12-22(19(24)26-20(3,4)5)13-17(16)21-14(2)15-10-8-7-9-11-15;/h7-11,14,16-17,21H,6,12-13H2,1-5H3;1H. The molecule has 0 spiro atoms. The molecular formula is C20H31ClN2O4. The molecule has 0 aliphatic carbocycles. The van der Waals surface area contributed by atoms with Gasteiger partial charge in [0.1, 0.15) is 5.60 Å². The zero-order valence-corrected chi connectivity index (χ0v) is 17.5. The maximum absolute atomic E-state index is 12.4. The molecule has 6 nitrogen and oxygen atoms in total. The van der Waals surface area contributed by atoms with Crippen molar-refractivity contribution in [2.45, 2.75) is 52.3 Å². The molecule has 3 atom stereocenters. The summed E-state index contributed by atoms with van der Waals surface area (Å²) < 4.78 is 10.7. The van der Waals surface area contributed by atoms with Gasteiger partial charge in [-0.05, 0) is 40.2 Å². The third-order valence-electron chi connectivity index (χ3n) is 4.32. The zero-order chi connectivity index (χ0) is 19.3. The molecule has 1 heterocycles. The van der Waals surface area contributed by atoms with Gasteiger partial charge in [-0.1, -0.05) is 30.3 Å². The number of hydrogen-bond acceptors (Lipinski definition) is 5. The van der Waals surface area contributed by atoms with Gasteiger partial charge in [0.15, 0.2) is 0 Å². The molecule has 1 fully saturated rings. The smallest absolute Gasteiger partial charge is 0.410 e. The summed E-state index contributed by atoms with van der Waals surface area (Å²) in [4.78, 5) is 26.4. The van der Waals surface area contributed by atoms with Crippen molar-refractivity contribution >= 4 is 24.5 Å². The highest BCUT2D eigenvalue weighted by atomic mass is 35.5. The molecular weight excluding hydrogens is 368 g/mol. The molecule has 1 aliphatic rings. The van der Waals surface area contributed by atoms with Crippen molar-refractivity contribution in [1.82, 2.24) is 10.2 Å². The van der Waals surface area contributed by atoms with Crippen LogP contribution in [-0.2, 0) is 14.3 Å². The van der Waals surface area contributed by atoms with Gasteiger partial charge in [0.05, 0.1) is 12.5 Å². The fourth-order valence-corrected chi connectivity index (χ4v) is 3.10. The molecule has 0 aromatic heterocycles. The van der Waals surface area contributed by atoms with Crippen molar-refractivity contribution < 1.29 is 19.1 Å². The van der Waals surface area contributed by atoms with Crippen molar-refractivity contribution in [1.29, 1.82) is 0 Å². The van der Waals surface area contributed by atoms with Crippen LogP contribution in [0.5, 0.6) is 0 Å². The lowest BCUT2D eigenvalue weighted by molar-refractivity contribution is -0.148. The number of carbonyl (C=O) groups excluding carboxylic acids is 2. The lowest BCUT2D eigenvalue weighted by atomic mass is 10.0. The Kier molecular flexibility index (Phi) is 8.57. The summed E-state index contributed by atoms with van der Waals surface area (Å²) in [6.45, 7) is 10.4. The Hall–Kier alpha value is -1.79. The van der Waals surface area contributed by atoms with E-state index in [0.717, 1.165) is 5.56 Å². The minimum absolute atomic E-state index is 0. The molecule has 1 aromatic carbocycles. The molecule has 7 heteroatoms. The summed E-state index contributed by atoms with van der Waals surface area (Å²) in [5.41, 5.74) is 0.560. The first-order valence-electron chi connectivity index (χ1n) is 9.17. The number of carbonyl (C=O) groups is 2. The first-order valence-corrected chi connectivity index (χ1v) is 9.17. The van der Waals surface area contributed by atoms with Gasteiger partial charge in [-0.3, -0.25) is 4.79 Å². The number of benzene rings is 1. The number of likely N-dealkylation sites (tertiary alicyclic amines) is 1. The van der Waals surface area contributed by atoms with E-state index in [1.807, 2.05) is 58.0 Å². The highest BCUT2D eigenvalue weighted by molar-refractivity contribution is 5.85. The van der Waals surface area contributed by atoms with E-state index in [1.165, 1.54) is 0 Å². The van der Waals surface area contributed by atoms with Crippen LogP contribution in [0.2, 0.25) is 0 Å². The average molecular weight is 399 g/mol. The van der Waals surface area contributed by atoms with Gasteiger partial charge < -0.3 is 19.7 Å². The topological polar surface area (TPSA) is 67.9 Å². The number of amides is 1. The molecule has 1 amide bonds. The van der Waals surface area contributed by atoms with Crippen molar-refractivity contribution in [2.75, 3.05) is 19.7 Å². The second kappa shape index (κ2) is 9.95. The number of rotatable bonds is 5. The quantitative estimate of drug-likeness (QED) is 0.768. The van der Waals surface area contributed by atoms with Gasteiger partial charge in [0.2, 0.25) is 0 Å². The van der Waals surface area contributed by atoms with Crippen molar-refractivity contribution in [2.24, 2.45) is 5.92 Å². The highest BCUT2D eigenvalue weighted by Gasteiger charge is 2.42. The maximum Gasteiger partial charge on any atom is 0.410 e. The van der Waals surface area contributed by atoms with Gasteiger partial charge in [-0.15, -0.1) is 12.4 Å². The number of ether oxygens (including phenoxy) is 2. The molecule has 1 aliphatic heterocycles. The van der Waals surface area contributed by atoms with Gasteiger partial charge in [0.25, 0.3) is 0 Å². The third kappa shape index (κ3) is 6.70. The number of esters is 1. The van der Waals surface area contributed by atoms with Gasteiger partial charge in [-0.2, -0.15) is 0 Å². The molecule has 1 saturated heterocycles. The number of halogens is 1. The molecule has 3 unspecified atom stereocenters. The summed E-state index contributed by atoms with van der Waals surface area (Å²) in [6, 6.07) is 9.89. The van der Waals surface area contributed by atoms with Crippen LogP contribution in [-0.4, -0.2) is 48.3 Å². The highest BCUT2D eigenvalue weighted by Crippen LogP contribution is 2.24. The summed E-state index contributed by atoms with van der Waals surface area (Å²) >= 11 is 0. The summed E-state index contributed by atoms with van der Waals surface area (Å²) in [5.74, 6) is -0.690. The van der Waals surface area contributed by atoms with Crippen LogP contribution < -0.4 is 5.32 Å². The maximum atomic E-state index is 12.4. The Morgan fingerprint density at radius 3 is 2.41 bits per heavy atom. The van der Waals surface area contributed by atoms with Crippen molar-refractivity contribution in [3.8, 4) is 0 Å². The molecule has 1 aromatic rings. The van der Waals surface area contributed by atoms with E-state index in [0.29, 0.717) is 19.7 Å². The normalized spacial score (nSPS) is 20.6. The van der Waals surface area contributed by atoms with E-state index < -0.39 is 17.6 Å². The summed E-state index contributed by atoms with van der Waals surface area (Å²) in [7, 11) is 0. The van der Waals surface area contributed by atoms with E-state index in [-0.39, 0.29) is 30.5 Å². The monoisotopic (exact) mass is 398 g/mol. The van der Waals surface area contributed by atoms with Crippen molar-refractivity contribution in [3.05, 3.63) is 35.9 Å². The lowest BCUT2D eigenvalue weighted by Gasteiger charge is -2.25. The second-order valence-electron chi connectivity index (χ2n) is 7.65. The van der Waals surface area contributed by atoms with Crippen LogP contribution in [0.15, 0.2) is 30.3 Å². The fourth-order valence-electron chi connectivity index (χ4n) is 3.10. The van der Waals surface area contributed by atoms with Crippen LogP contribution in [0.1, 0.15) is 46.2 Å². The fraction of sp³-hybridized carbons (Fsp3) is 0.600. The van der Waals surface area contributed by atoms with E-state index in [1.54, 1.807) is 11.8 Å². The summed E-state index contributed by atoms with van der Waals surface area (Å²) in [5, 5.41) is 3.48. The van der Waals surface area contributed by atoms with E-state index in [9.17, 15) is 9.59 Å². The Labute approximate surface area is 168 Å². The Balaban J connectivity index is 0.00000364. The molecule has 1 N–H and O–H groups in total. The molecule has 0 bridgehead atoms. The van der Waals surface area contributed by atoms with Gasteiger partial charge in [-0.25, -0.2) is 4.79 Å². The lowest BCUT2D eigenvalue weighted by Crippen LogP contribution is -2.41. The molecule has 2 rings (SSSR count). The largest absolute Gasteiger partial charge is 0.466 e. The Morgan fingerprint density at radius 1 is 1.22 bits per heavy atom. The second-order valence-corrected chi connectivity index (χ2v) is 7.65.